The standard InChI is InChI=1S/3CH2O2S2.Sb/c3*2-1(3)5-4;/h3*4H,(H,2,3);/q;;;+3/p-3. The van der Waals surface area contributed by atoms with Crippen LogP contribution in [-0.2, 0) is 9.05 Å². The second-order valence-corrected chi connectivity index (χ2v) is 7.55. The molecule has 13 heteroatoms. The second kappa shape index (κ2) is 10.3. The van der Waals surface area contributed by atoms with Gasteiger partial charge in [-0.15, -0.1) is 0 Å². The second-order valence-electron chi connectivity index (χ2n) is 1.52. The van der Waals surface area contributed by atoms with Gasteiger partial charge in [0.25, 0.3) is 0 Å². The molecule has 0 fully saturated rings. The number of carbonyl (C=O) groups is 3. The van der Waals surface area contributed by atoms with E-state index in [1.165, 1.54) is 0 Å². The molecule has 0 aliphatic heterocycles. The van der Waals surface area contributed by atoms with Crippen molar-refractivity contribution in [3.05, 3.63) is 0 Å². The van der Waals surface area contributed by atoms with Gasteiger partial charge < -0.3 is 0 Å². The summed E-state index contributed by atoms with van der Waals surface area (Å²) < 4.78 is 13.8. The number of hydrogen-bond acceptors (Lipinski definition) is 12. The average molecular weight is 449 g/mol. The summed E-state index contributed by atoms with van der Waals surface area (Å²) in [5, 5.41) is -2.46. The summed E-state index contributed by atoms with van der Waals surface area (Å²) in [6.07, 6.45) is 0. The molecule has 0 aromatic carbocycles. The Balaban J connectivity index is 4.31. The van der Waals surface area contributed by atoms with Crippen molar-refractivity contribution in [1.82, 2.24) is 0 Å². The van der Waals surface area contributed by atoms with E-state index in [9.17, 15) is 14.4 Å². The number of rotatable bonds is 3. The van der Waals surface area contributed by atoms with Gasteiger partial charge in [0.05, 0.1) is 0 Å². The molecule has 92 valence electrons. The van der Waals surface area contributed by atoms with Gasteiger partial charge in [0.1, 0.15) is 0 Å². The van der Waals surface area contributed by atoms with E-state index in [1.54, 1.807) is 0 Å². The van der Waals surface area contributed by atoms with Crippen LogP contribution in [-0.4, -0.2) is 37.4 Å². The summed E-state index contributed by atoms with van der Waals surface area (Å²) in [5.41, 5.74) is 0. The van der Waals surface area contributed by atoms with Gasteiger partial charge in [-0.2, -0.15) is 0 Å². The third-order valence-corrected chi connectivity index (χ3v) is 6.51. The maximum atomic E-state index is 10.8. The van der Waals surface area contributed by atoms with Crippen molar-refractivity contribution in [3.8, 4) is 0 Å². The summed E-state index contributed by atoms with van der Waals surface area (Å²) in [6.45, 7) is 0. The molecule has 0 aromatic rings. The third kappa shape index (κ3) is 8.42. The zero-order valence-electron chi connectivity index (χ0n) is 6.96. The Hall–Kier alpha value is 1.33. The molecule has 0 atom stereocenters. The zero-order chi connectivity index (χ0) is 12.6. The summed E-state index contributed by atoms with van der Waals surface area (Å²) in [6, 6.07) is 0. The van der Waals surface area contributed by atoms with Crippen LogP contribution in [0.25, 0.3) is 0 Å². The molecule has 0 aliphatic carbocycles. The van der Waals surface area contributed by atoms with Crippen LogP contribution in [0.4, 0.5) is 14.4 Å². The van der Waals surface area contributed by atoms with Crippen LogP contribution in [0.2, 0.25) is 0 Å². The third-order valence-electron chi connectivity index (χ3n) is 0.671. The summed E-state index contributed by atoms with van der Waals surface area (Å²) in [7, 11) is 1.40. The Morgan fingerprint density at radius 3 is 1.19 bits per heavy atom. The topological polar surface area (TPSA) is 78.9 Å². The monoisotopic (exact) mass is 448 g/mol. The molecule has 0 amide bonds. The normalized spacial score (nSPS) is 9.75. The van der Waals surface area contributed by atoms with Gasteiger partial charge in [-0.05, 0) is 0 Å². The number of hydrogen-bond donors (Lipinski definition) is 3. The molecule has 0 spiro atoms. The predicted octanol–water partition coefficient (Wildman–Crippen LogP) is 3.12. The van der Waals surface area contributed by atoms with E-state index in [0.29, 0.717) is 32.4 Å². The maximum absolute atomic E-state index is 10.8. The molecule has 0 N–H and O–H groups in total. The van der Waals surface area contributed by atoms with Crippen LogP contribution in [0.1, 0.15) is 0 Å². The number of thiol groups is 3. The van der Waals surface area contributed by atoms with Crippen LogP contribution in [0.3, 0.4) is 0 Å². The fourth-order valence-corrected chi connectivity index (χ4v) is 5.84. The van der Waals surface area contributed by atoms with Gasteiger partial charge in [-0.3, -0.25) is 0 Å². The Morgan fingerprint density at radius 2 is 1.00 bits per heavy atom. The quantitative estimate of drug-likeness (QED) is 0.342. The summed E-state index contributed by atoms with van der Waals surface area (Å²) in [5.74, 6) is 0. The molecule has 0 saturated carbocycles. The molecule has 0 rings (SSSR count). The van der Waals surface area contributed by atoms with E-state index in [2.05, 4.69) is 44.0 Å². The first-order valence-electron chi connectivity index (χ1n) is 2.93. The minimum absolute atomic E-state index is 0.467. The molecule has 0 saturated heterocycles. The zero-order valence-corrected chi connectivity index (χ0v) is 14.6. The molecule has 0 bridgehead atoms. The first-order chi connectivity index (χ1) is 7.53. The van der Waals surface area contributed by atoms with Gasteiger partial charge >= 0.3 is 128 Å². The van der Waals surface area contributed by atoms with Gasteiger partial charge in [0.15, 0.2) is 0 Å². The molecule has 6 nitrogen and oxygen atoms in total. The first-order valence-corrected chi connectivity index (χ1v) is 11.7. The van der Waals surface area contributed by atoms with Crippen molar-refractivity contribution < 1.29 is 23.4 Å². The van der Waals surface area contributed by atoms with E-state index < -0.39 is 37.4 Å². The first kappa shape index (κ1) is 17.3. The van der Waals surface area contributed by atoms with E-state index in [0.717, 1.165) is 0 Å². The van der Waals surface area contributed by atoms with E-state index in [4.69, 9.17) is 0 Å². The Bertz CT molecular complexity index is 230. The van der Waals surface area contributed by atoms with Crippen LogP contribution in [0.5, 0.6) is 0 Å². The summed E-state index contributed by atoms with van der Waals surface area (Å²) >= 11 is 7.02. The van der Waals surface area contributed by atoms with Crippen LogP contribution in [0.15, 0.2) is 0 Å². The fourth-order valence-electron chi connectivity index (χ4n) is 0.288. The van der Waals surface area contributed by atoms with E-state index >= 15 is 0 Å². The summed E-state index contributed by atoms with van der Waals surface area (Å²) in [4.78, 5) is 32.5. The molecule has 0 radical (unpaired) electrons. The molecular formula is C3H3O6S6Sb. The van der Waals surface area contributed by atoms with Crippen molar-refractivity contribution in [1.29, 1.82) is 0 Å². The molecule has 0 aromatic heterocycles. The molecule has 0 heterocycles. The van der Waals surface area contributed by atoms with Crippen molar-refractivity contribution in [2.24, 2.45) is 0 Å². The molecule has 16 heavy (non-hydrogen) atoms. The predicted molar refractivity (Wildman–Crippen MR) is 74.9 cm³/mol. The van der Waals surface area contributed by atoms with Crippen LogP contribution < -0.4 is 0 Å². The van der Waals surface area contributed by atoms with Gasteiger partial charge in [-0.1, -0.05) is 0 Å². The number of carbonyl (C=O) groups excluding carboxylic acids is 3. The average Bonchev–Trinajstić information content (AvgIpc) is 2.28. The van der Waals surface area contributed by atoms with Crippen molar-refractivity contribution >= 4 is 105 Å². The Kier molecular flexibility index (Phi) is 11.1. The van der Waals surface area contributed by atoms with Crippen molar-refractivity contribution in [2.75, 3.05) is 0 Å². The molecule has 0 unspecified atom stereocenters. The van der Waals surface area contributed by atoms with Crippen molar-refractivity contribution in [3.63, 3.8) is 0 Å². The van der Waals surface area contributed by atoms with Gasteiger partial charge in [-0.25, -0.2) is 0 Å². The van der Waals surface area contributed by atoms with E-state index in [1.807, 2.05) is 0 Å². The Labute approximate surface area is 127 Å². The van der Waals surface area contributed by atoms with Crippen molar-refractivity contribution in [2.45, 2.75) is 0 Å². The van der Waals surface area contributed by atoms with E-state index in [-0.39, 0.29) is 0 Å². The van der Waals surface area contributed by atoms with Crippen LogP contribution in [0, 0.1) is 0 Å². The van der Waals surface area contributed by atoms with Crippen LogP contribution >= 0.6 is 67.4 Å². The fraction of sp³-hybridized carbons (Fsp3) is 0. The molecular weight excluding hydrogens is 446 g/mol. The van der Waals surface area contributed by atoms with Gasteiger partial charge in [0, 0.05) is 0 Å². The SMILES string of the molecule is O=C([O][Sb]([O]C(=O)SS)[O]C(=O)SS)SS. The molecule has 0 aliphatic rings. The van der Waals surface area contributed by atoms with Gasteiger partial charge in [0.2, 0.25) is 0 Å². The minimum atomic E-state index is -3.68. The Morgan fingerprint density at radius 1 is 0.750 bits per heavy atom.